The Hall–Kier alpha value is -2.32. The van der Waals surface area contributed by atoms with Crippen molar-refractivity contribution >= 4 is 16.8 Å². The van der Waals surface area contributed by atoms with Crippen molar-refractivity contribution in [3.05, 3.63) is 36.0 Å². The minimum Gasteiger partial charge on any atom is -0.435 e. The van der Waals surface area contributed by atoms with Gasteiger partial charge in [-0.2, -0.15) is 8.78 Å². The predicted octanol–water partition coefficient (Wildman–Crippen LogP) is 3.49. The molecule has 29 heavy (non-hydrogen) atoms. The molecule has 1 fully saturated rings. The average Bonchev–Trinajstić information content (AvgIpc) is 2.71. The van der Waals surface area contributed by atoms with Gasteiger partial charge >= 0.3 is 6.61 Å². The quantitative estimate of drug-likeness (QED) is 0.622. The van der Waals surface area contributed by atoms with Gasteiger partial charge in [-0.1, -0.05) is 0 Å². The van der Waals surface area contributed by atoms with Crippen LogP contribution in [0.5, 0.6) is 5.75 Å². The van der Waals surface area contributed by atoms with Crippen molar-refractivity contribution in [3.8, 4) is 5.75 Å². The van der Waals surface area contributed by atoms with Crippen LogP contribution in [0.4, 0.5) is 8.78 Å². The fraction of sp³-hybridized carbons (Fsp3) is 0.524. The minimum absolute atomic E-state index is 0.0426. The number of fused-ring (bicyclic) bond motifs is 1. The summed E-state index contributed by atoms with van der Waals surface area (Å²) >= 11 is 0. The smallest absolute Gasteiger partial charge is 0.387 e. The Morgan fingerprint density at radius 2 is 2.03 bits per heavy atom. The number of nitrogens with two attached hydrogens (primary N) is 1. The van der Waals surface area contributed by atoms with Gasteiger partial charge in [0.05, 0.1) is 11.1 Å². The summed E-state index contributed by atoms with van der Waals surface area (Å²) in [6, 6.07) is 6.34. The zero-order valence-corrected chi connectivity index (χ0v) is 16.3. The largest absolute Gasteiger partial charge is 0.435 e. The Labute approximate surface area is 168 Å². The van der Waals surface area contributed by atoms with E-state index in [4.69, 9.17) is 10.5 Å². The molecule has 1 heterocycles. The number of ether oxygens (including phenoxy) is 2. The van der Waals surface area contributed by atoms with E-state index < -0.39 is 6.61 Å². The van der Waals surface area contributed by atoms with Gasteiger partial charge in [0.1, 0.15) is 5.75 Å². The molecule has 0 bridgehead atoms. The van der Waals surface area contributed by atoms with Crippen molar-refractivity contribution in [1.29, 1.82) is 0 Å². The molecule has 0 aliphatic heterocycles. The third kappa shape index (κ3) is 6.33. The number of aromatic nitrogens is 1. The van der Waals surface area contributed by atoms with Gasteiger partial charge in [-0.15, -0.1) is 0 Å². The minimum atomic E-state index is -2.88. The number of nitrogens with zero attached hydrogens (tertiary/aromatic N) is 1. The average molecular weight is 407 g/mol. The molecule has 6 nitrogen and oxygen atoms in total. The number of amides is 1. The number of carbonyl (C=O) groups excluding carboxylic acids is 1. The first kappa shape index (κ1) is 21.4. The number of hydrogen-bond donors (Lipinski definition) is 2. The summed E-state index contributed by atoms with van der Waals surface area (Å²) in [6.45, 7) is -0.776. The van der Waals surface area contributed by atoms with Crippen LogP contribution in [0, 0.1) is 5.92 Å². The second kappa shape index (κ2) is 10.5. The van der Waals surface area contributed by atoms with Gasteiger partial charge in [-0.25, -0.2) is 0 Å². The van der Waals surface area contributed by atoms with Gasteiger partial charge in [0, 0.05) is 36.9 Å². The Morgan fingerprint density at radius 3 is 2.76 bits per heavy atom. The molecule has 0 unspecified atom stereocenters. The highest BCUT2D eigenvalue weighted by molar-refractivity contribution is 5.97. The lowest BCUT2D eigenvalue weighted by Gasteiger charge is -2.29. The first-order chi connectivity index (χ1) is 14.0. The number of alkyl halides is 2. The van der Waals surface area contributed by atoms with Crippen LogP contribution in [-0.4, -0.2) is 43.3 Å². The van der Waals surface area contributed by atoms with Gasteiger partial charge in [0.15, 0.2) is 0 Å². The molecule has 1 amide bonds. The predicted molar refractivity (Wildman–Crippen MR) is 106 cm³/mol. The van der Waals surface area contributed by atoms with Crippen LogP contribution >= 0.6 is 0 Å². The van der Waals surface area contributed by atoms with Gasteiger partial charge in [-0.05, 0) is 62.8 Å². The molecule has 0 saturated heterocycles. The maximum Gasteiger partial charge on any atom is 0.387 e. The zero-order valence-electron chi connectivity index (χ0n) is 16.3. The second-order valence-corrected chi connectivity index (χ2v) is 7.37. The summed E-state index contributed by atoms with van der Waals surface area (Å²) in [6.07, 6.45) is 6.23. The lowest BCUT2D eigenvalue weighted by Crippen LogP contribution is -2.38. The Kier molecular flexibility index (Phi) is 7.71. The normalized spacial score (nSPS) is 19.4. The third-order valence-corrected chi connectivity index (χ3v) is 5.17. The SMILES string of the molecule is NCCCOC[C@H]1CC[C@H](NC(=O)c2cnc3cc(OC(F)F)ccc3c2)CC1. The highest BCUT2D eigenvalue weighted by Gasteiger charge is 2.23. The molecular weight excluding hydrogens is 380 g/mol. The van der Waals surface area contributed by atoms with E-state index in [0.717, 1.165) is 38.7 Å². The monoisotopic (exact) mass is 407 g/mol. The van der Waals surface area contributed by atoms with E-state index in [9.17, 15) is 13.6 Å². The maximum absolute atomic E-state index is 12.6. The number of benzene rings is 1. The van der Waals surface area contributed by atoms with Crippen LogP contribution in [0.1, 0.15) is 42.5 Å². The standard InChI is InChI=1S/C21H27F2N3O3/c22-21(23)29-18-7-4-15-10-16(12-25-19(15)11-18)20(27)26-17-5-2-14(3-6-17)13-28-9-1-8-24/h4,7,10-12,14,17,21H,1-3,5-6,8-9,13,24H2,(H,26,27)/t14-,17-. The molecule has 2 aromatic rings. The van der Waals surface area contributed by atoms with Crippen LogP contribution in [-0.2, 0) is 4.74 Å². The number of carbonyl (C=O) groups is 1. The van der Waals surface area contributed by atoms with Crippen LogP contribution < -0.4 is 15.8 Å². The van der Waals surface area contributed by atoms with Crippen LogP contribution in [0.3, 0.4) is 0 Å². The highest BCUT2D eigenvalue weighted by atomic mass is 19.3. The van der Waals surface area contributed by atoms with E-state index in [1.807, 2.05) is 0 Å². The third-order valence-electron chi connectivity index (χ3n) is 5.17. The van der Waals surface area contributed by atoms with E-state index in [2.05, 4.69) is 15.0 Å². The summed E-state index contributed by atoms with van der Waals surface area (Å²) < 4.78 is 34.7. The molecule has 1 aromatic carbocycles. The Morgan fingerprint density at radius 1 is 1.24 bits per heavy atom. The van der Waals surface area contributed by atoms with Crippen LogP contribution in [0.25, 0.3) is 10.9 Å². The van der Waals surface area contributed by atoms with Crippen molar-refractivity contribution in [2.45, 2.75) is 44.8 Å². The van der Waals surface area contributed by atoms with Crippen molar-refractivity contribution in [2.24, 2.45) is 11.7 Å². The lowest BCUT2D eigenvalue weighted by molar-refractivity contribution is -0.0497. The lowest BCUT2D eigenvalue weighted by atomic mass is 9.86. The Bertz CT molecular complexity index is 811. The first-order valence-corrected chi connectivity index (χ1v) is 9.98. The van der Waals surface area contributed by atoms with E-state index in [1.165, 1.54) is 18.3 Å². The number of hydrogen-bond acceptors (Lipinski definition) is 5. The number of halogens is 2. The molecule has 158 valence electrons. The highest BCUT2D eigenvalue weighted by Crippen LogP contribution is 2.25. The number of nitrogens with one attached hydrogen (secondary N) is 1. The molecule has 3 rings (SSSR count). The van der Waals surface area contributed by atoms with E-state index >= 15 is 0 Å². The van der Waals surface area contributed by atoms with Crippen molar-refractivity contribution in [2.75, 3.05) is 19.8 Å². The fourth-order valence-electron chi connectivity index (χ4n) is 3.58. The van der Waals surface area contributed by atoms with Gasteiger partial charge in [0.25, 0.3) is 5.91 Å². The fourth-order valence-corrected chi connectivity index (χ4v) is 3.58. The summed E-state index contributed by atoms with van der Waals surface area (Å²) in [4.78, 5) is 16.8. The molecule has 1 aliphatic carbocycles. The maximum atomic E-state index is 12.6. The van der Waals surface area contributed by atoms with Gasteiger partial charge in [0.2, 0.25) is 0 Å². The van der Waals surface area contributed by atoms with Crippen LogP contribution in [0.2, 0.25) is 0 Å². The summed E-state index contributed by atoms with van der Waals surface area (Å²) in [7, 11) is 0. The Balaban J connectivity index is 1.51. The molecule has 1 aliphatic rings. The summed E-state index contributed by atoms with van der Waals surface area (Å²) in [5.74, 6) is 0.406. The summed E-state index contributed by atoms with van der Waals surface area (Å²) in [5, 5.41) is 3.77. The van der Waals surface area contributed by atoms with Crippen LogP contribution in [0.15, 0.2) is 30.5 Å². The van der Waals surface area contributed by atoms with Gasteiger partial charge < -0.3 is 20.5 Å². The molecule has 0 spiro atoms. The molecule has 1 aromatic heterocycles. The van der Waals surface area contributed by atoms with Gasteiger partial charge in [-0.3, -0.25) is 9.78 Å². The van der Waals surface area contributed by atoms with Crippen molar-refractivity contribution in [3.63, 3.8) is 0 Å². The van der Waals surface area contributed by atoms with Crippen molar-refractivity contribution < 1.29 is 23.0 Å². The van der Waals surface area contributed by atoms with E-state index in [0.29, 0.717) is 35.5 Å². The van der Waals surface area contributed by atoms with Crippen molar-refractivity contribution in [1.82, 2.24) is 10.3 Å². The molecule has 0 atom stereocenters. The summed E-state index contributed by atoms with van der Waals surface area (Å²) in [5.41, 5.74) is 6.40. The van der Waals surface area contributed by atoms with E-state index in [1.54, 1.807) is 12.1 Å². The second-order valence-electron chi connectivity index (χ2n) is 7.37. The molecule has 0 radical (unpaired) electrons. The molecular formula is C21H27F2N3O3. The molecule has 1 saturated carbocycles. The topological polar surface area (TPSA) is 86.5 Å². The molecule has 3 N–H and O–H groups in total. The first-order valence-electron chi connectivity index (χ1n) is 9.98. The number of rotatable bonds is 9. The zero-order chi connectivity index (χ0) is 20.6. The molecule has 8 heteroatoms. The number of pyridine rings is 1. The van der Waals surface area contributed by atoms with E-state index in [-0.39, 0.29) is 17.7 Å².